The van der Waals surface area contributed by atoms with E-state index in [1.165, 1.54) is 12.1 Å². The predicted octanol–water partition coefficient (Wildman–Crippen LogP) is 7.81. The van der Waals surface area contributed by atoms with E-state index in [0.717, 1.165) is 87.0 Å². The van der Waals surface area contributed by atoms with E-state index in [1.807, 2.05) is 82.2 Å². The van der Waals surface area contributed by atoms with Gasteiger partial charge in [-0.25, -0.2) is 0 Å². The first-order valence-corrected chi connectivity index (χ1v) is 21.1. The number of hydrogen-bond acceptors (Lipinski definition) is 10. The number of fused-ring (bicyclic) bond motifs is 6. The largest absolute Gasteiger partial charge is 0.487 e. The first-order valence-electron chi connectivity index (χ1n) is 16.6. The minimum atomic E-state index is -4.39. The molecule has 0 spiro atoms. The molecule has 16 heteroatoms. The van der Waals surface area contributed by atoms with E-state index >= 15 is 0 Å². The van der Waals surface area contributed by atoms with Crippen molar-refractivity contribution in [3.05, 3.63) is 119 Å². The molecule has 2 aromatic carbocycles. The zero-order valence-electron chi connectivity index (χ0n) is 28.0. The minimum absolute atomic E-state index is 0.175. The van der Waals surface area contributed by atoms with Gasteiger partial charge in [-0.15, -0.1) is 22.7 Å². The van der Waals surface area contributed by atoms with Gasteiger partial charge < -0.3 is 9.47 Å². The lowest BCUT2D eigenvalue weighted by molar-refractivity contribution is 0.302. The Labute approximate surface area is 313 Å². The summed E-state index contributed by atoms with van der Waals surface area (Å²) >= 11 is 1.93. The Hall–Kier alpha value is -4.84. The van der Waals surface area contributed by atoms with Gasteiger partial charge in [0.1, 0.15) is 24.7 Å². The van der Waals surface area contributed by atoms with E-state index in [-0.39, 0.29) is 21.6 Å². The summed E-state index contributed by atoms with van der Waals surface area (Å²) in [5.74, 6) is 0.811. The van der Waals surface area contributed by atoms with Gasteiger partial charge in [0.25, 0.3) is 0 Å². The Morgan fingerprint density at radius 1 is 0.660 bits per heavy atom. The standard InChI is InChI=1S/C37H32N4O8S4/c42-52(43,44)32-18-30-36(50-32)34-26(22-48-30)28(38-40(34)20-24-12-6-4-7-13-24)16-10-2-1-3-11-17-29-27-23-49-31-19-33(53(45,46)47)51-37(31)35(27)41(39-29)21-25-14-8-5-9-15-25/h4-19H,1-3,20-23H2,(H,42,43,44)(H,45,46,47)/b16-10+,17-11+. The van der Waals surface area contributed by atoms with Crippen molar-refractivity contribution in [2.24, 2.45) is 0 Å². The van der Waals surface area contributed by atoms with Crippen molar-refractivity contribution in [1.29, 1.82) is 0 Å². The second kappa shape index (κ2) is 14.2. The molecule has 2 N–H and O–H groups in total. The molecule has 272 valence electrons. The first kappa shape index (κ1) is 35.2. The lowest BCUT2D eigenvalue weighted by Crippen LogP contribution is -2.08. The Balaban J connectivity index is 0.996. The smallest absolute Gasteiger partial charge is 0.304 e. The summed E-state index contributed by atoms with van der Waals surface area (Å²) in [7, 11) is -8.78. The average molecular weight is 789 g/mol. The van der Waals surface area contributed by atoms with Gasteiger partial charge in [-0.1, -0.05) is 72.8 Å². The number of rotatable bonds is 12. The highest BCUT2D eigenvalue weighted by Gasteiger charge is 2.32. The van der Waals surface area contributed by atoms with Gasteiger partial charge in [-0.05, 0) is 42.5 Å². The molecule has 0 amide bonds. The predicted molar refractivity (Wildman–Crippen MR) is 202 cm³/mol. The van der Waals surface area contributed by atoms with Crippen LogP contribution in [0.2, 0.25) is 0 Å². The van der Waals surface area contributed by atoms with Crippen molar-refractivity contribution in [3.63, 3.8) is 0 Å². The van der Waals surface area contributed by atoms with Crippen LogP contribution in [0.25, 0.3) is 33.3 Å². The molecule has 0 fully saturated rings. The fourth-order valence-corrected chi connectivity index (χ4v) is 10.1. The monoisotopic (exact) mass is 788 g/mol. The number of nitrogens with zero attached hydrogens (tertiary/aromatic N) is 4. The minimum Gasteiger partial charge on any atom is -0.487 e. The van der Waals surface area contributed by atoms with E-state index in [9.17, 15) is 25.9 Å². The molecule has 0 unspecified atom stereocenters. The maximum absolute atomic E-state index is 11.9. The molecule has 6 aromatic rings. The number of allylic oxidation sites excluding steroid dienone is 2. The molecule has 12 nitrogen and oxygen atoms in total. The van der Waals surface area contributed by atoms with Crippen LogP contribution < -0.4 is 9.47 Å². The fourth-order valence-electron chi connectivity index (χ4n) is 6.39. The highest BCUT2D eigenvalue weighted by Crippen LogP contribution is 2.47. The van der Waals surface area contributed by atoms with E-state index in [2.05, 4.69) is 12.2 Å². The van der Waals surface area contributed by atoms with Crippen LogP contribution in [-0.4, -0.2) is 45.5 Å². The number of ether oxygens (including phenoxy) is 2. The Morgan fingerprint density at radius 3 is 1.47 bits per heavy atom. The lowest BCUT2D eigenvalue weighted by Gasteiger charge is -2.16. The number of aromatic nitrogens is 4. The molecule has 0 saturated carbocycles. The lowest BCUT2D eigenvalue weighted by atomic mass is 10.1. The summed E-state index contributed by atoms with van der Waals surface area (Å²) in [5, 5.41) is 9.79. The molecule has 0 aliphatic carbocycles. The summed E-state index contributed by atoms with van der Waals surface area (Å²) in [6, 6.07) is 22.4. The molecule has 0 saturated heterocycles. The average Bonchev–Trinajstić information content (AvgIpc) is 3.91. The van der Waals surface area contributed by atoms with Crippen LogP contribution in [0, 0.1) is 0 Å². The summed E-state index contributed by atoms with van der Waals surface area (Å²) in [4.78, 5) is 1.22. The topological polar surface area (TPSA) is 163 Å². The van der Waals surface area contributed by atoms with Crippen molar-refractivity contribution in [2.45, 2.75) is 54.0 Å². The quantitative estimate of drug-likeness (QED) is 0.0924. The maximum atomic E-state index is 11.9. The van der Waals surface area contributed by atoms with Crippen molar-refractivity contribution < 1.29 is 35.4 Å². The molecule has 2 aliphatic heterocycles. The van der Waals surface area contributed by atoms with Crippen LogP contribution in [-0.2, 0) is 46.5 Å². The summed E-state index contributed by atoms with van der Waals surface area (Å²) in [5.41, 5.74) is 6.81. The van der Waals surface area contributed by atoms with Gasteiger partial charge >= 0.3 is 20.2 Å². The number of unbranched alkanes of at least 4 members (excludes halogenated alkanes) is 2. The van der Waals surface area contributed by atoms with Gasteiger partial charge in [0, 0.05) is 23.3 Å². The van der Waals surface area contributed by atoms with E-state index < -0.39 is 20.2 Å². The number of hydrogen-bond donors (Lipinski definition) is 2. The molecule has 53 heavy (non-hydrogen) atoms. The van der Waals surface area contributed by atoms with Crippen LogP contribution in [0.15, 0.2) is 93.4 Å². The summed E-state index contributed by atoms with van der Waals surface area (Å²) in [6.45, 7) is 1.39. The Morgan fingerprint density at radius 2 is 1.08 bits per heavy atom. The van der Waals surface area contributed by atoms with Crippen molar-refractivity contribution in [2.75, 3.05) is 0 Å². The van der Waals surface area contributed by atoms with Gasteiger partial charge in [-0.2, -0.15) is 27.0 Å². The third-order valence-electron chi connectivity index (χ3n) is 8.84. The molecule has 0 bridgehead atoms. The van der Waals surface area contributed by atoms with Crippen molar-refractivity contribution >= 4 is 55.1 Å². The summed E-state index contributed by atoms with van der Waals surface area (Å²) < 4.78 is 82.3. The SMILES string of the molecule is O=S(=O)(O)c1cc2c(s1)-c1c(c(/C=C/CCC/C=C/c3nn(Cc4ccccc4)c4c3COc3cc(S(=O)(=O)O)sc3-4)nn1Cc1ccccc1)CO2. The van der Waals surface area contributed by atoms with E-state index in [0.29, 0.717) is 34.3 Å². The second-order valence-electron chi connectivity index (χ2n) is 12.5. The van der Waals surface area contributed by atoms with Crippen LogP contribution in [0.1, 0.15) is 52.9 Å². The highest BCUT2D eigenvalue weighted by molar-refractivity contribution is 7.88. The zero-order chi connectivity index (χ0) is 36.7. The van der Waals surface area contributed by atoms with Crippen LogP contribution in [0.4, 0.5) is 0 Å². The number of thiophene rings is 2. The molecular weight excluding hydrogens is 757 g/mol. The van der Waals surface area contributed by atoms with Gasteiger partial charge in [0.15, 0.2) is 8.42 Å². The zero-order valence-corrected chi connectivity index (χ0v) is 31.2. The van der Waals surface area contributed by atoms with Crippen molar-refractivity contribution in [3.8, 4) is 32.6 Å². The van der Waals surface area contributed by atoms with Crippen LogP contribution in [0.3, 0.4) is 0 Å². The van der Waals surface area contributed by atoms with Gasteiger partial charge in [0.2, 0.25) is 0 Å². The van der Waals surface area contributed by atoms with Crippen LogP contribution >= 0.6 is 22.7 Å². The fraction of sp³-hybridized carbons (Fsp3) is 0.189. The van der Waals surface area contributed by atoms with E-state index in [1.54, 1.807) is 0 Å². The highest BCUT2D eigenvalue weighted by atomic mass is 32.3. The normalized spacial score (nSPS) is 13.8. The third-order valence-corrected chi connectivity index (χ3v) is 13.7. The van der Waals surface area contributed by atoms with Crippen LogP contribution in [0.5, 0.6) is 11.5 Å². The van der Waals surface area contributed by atoms with Gasteiger partial charge in [-0.3, -0.25) is 18.5 Å². The summed E-state index contributed by atoms with van der Waals surface area (Å²) in [6.07, 6.45) is 10.4. The Kier molecular flexibility index (Phi) is 9.42. The molecule has 4 aromatic heterocycles. The molecule has 2 aliphatic rings. The molecule has 0 atom stereocenters. The van der Waals surface area contributed by atoms with Crippen molar-refractivity contribution in [1.82, 2.24) is 19.6 Å². The first-order chi connectivity index (χ1) is 25.5. The maximum Gasteiger partial charge on any atom is 0.304 e. The van der Waals surface area contributed by atoms with Gasteiger partial charge in [0.05, 0.1) is 45.6 Å². The number of benzene rings is 2. The molecule has 8 rings (SSSR count). The second-order valence-corrected chi connectivity index (χ2v) is 17.9. The molecule has 0 radical (unpaired) electrons. The van der Waals surface area contributed by atoms with E-state index in [4.69, 9.17) is 19.7 Å². The Bertz CT molecular complexity index is 2420. The third kappa shape index (κ3) is 7.25. The molecule has 6 heterocycles. The molecular formula is C37H32N4O8S4.